The molecule has 1 aromatic heterocycles. The summed E-state index contributed by atoms with van der Waals surface area (Å²) in [5.74, 6) is 0.139. The molecule has 5 nitrogen and oxygen atoms in total. The highest BCUT2D eigenvalue weighted by atomic mass is 35.5. The Morgan fingerprint density at radius 1 is 1.20 bits per heavy atom. The third-order valence-corrected chi connectivity index (χ3v) is 5.63. The molecule has 25 heavy (non-hydrogen) atoms. The molecule has 1 saturated carbocycles. The van der Waals surface area contributed by atoms with Gasteiger partial charge in [-0.25, -0.2) is 4.68 Å². The van der Waals surface area contributed by atoms with Gasteiger partial charge >= 0.3 is 0 Å². The van der Waals surface area contributed by atoms with E-state index < -0.39 is 0 Å². The second-order valence-electron chi connectivity index (χ2n) is 5.95. The van der Waals surface area contributed by atoms with E-state index >= 15 is 0 Å². The number of nitrogens with zero attached hydrogens (tertiary/aromatic N) is 3. The lowest BCUT2D eigenvalue weighted by Crippen LogP contribution is -2.26. The highest BCUT2D eigenvalue weighted by Crippen LogP contribution is 2.36. The first-order chi connectivity index (χ1) is 12.0. The zero-order chi connectivity index (χ0) is 18.0. The summed E-state index contributed by atoms with van der Waals surface area (Å²) in [5, 5.41) is 17.1. The fourth-order valence-electron chi connectivity index (χ4n) is 3.00. The van der Waals surface area contributed by atoms with Crippen LogP contribution in [0.4, 0.5) is 5.82 Å². The minimum absolute atomic E-state index is 0.0482. The molecule has 0 radical (unpaired) electrons. The molecule has 0 saturated heterocycles. The smallest absolute Gasteiger partial charge is 0.228 e. The van der Waals surface area contributed by atoms with Gasteiger partial charge in [-0.15, -0.1) is 0 Å². The molecule has 0 spiro atoms. The number of hydrogen-bond acceptors (Lipinski definition) is 3. The molecular weight excluding hydrogens is 383 g/mol. The van der Waals surface area contributed by atoms with E-state index in [0.717, 1.165) is 32.1 Å². The van der Waals surface area contributed by atoms with Crippen LogP contribution in [0, 0.1) is 17.2 Å². The van der Waals surface area contributed by atoms with Gasteiger partial charge < -0.3 is 5.32 Å². The fourth-order valence-corrected chi connectivity index (χ4v) is 3.61. The summed E-state index contributed by atoms with van der Waals surface area (Å²) < 4.78 is 1.41. The first-order valence-corrected chi connectivity index (χ1v) is 9.09. The standard InChI is InChI=1S/C17H15Cl3N4O/c18-12-6-7-13(15(20)14(12)19)24-16(11(8-21)9-22-24)23-17(25)10-4-2-1-3-5-10/h6-7,9-10H,1-5H2,(H,23,25). The SMILES string of the molecule is N#Cc1cnn(-c2ccc(Cl)c(Cl)c2Cl)c1NC(=O)C1CCCCC1. The van der Waals surface area contributed by atoms with Crippen LogP contribution in [0.2, 0.25) is 15.1 Å². The van der Waals surface area contributed by atoms with Crippen LogP contribution in [-0.4, -0.2) is 15.7 Å². The lowest BCUT2D eigenvalue weighted by atomic mass is 9.88. The third-order valence-electron chi connectivity index (χ3n) is 4.35. The second kappa shape index (κ2) is 7.65. The number of halogens is 3. The van der Waals surface area contributed by atoms with E-state index in [2.05, 4.69) is 10.4 Å². The van der Waals surface area contributed by atoms with Crippen molar-refractivity contribution in [1.82, 2.24) is 9.78 Å². The Bertz CT molecular complexity index is 850. The van der Waals surface area contributed by atoms with E-state index in [-0.39, 0.29) is 27.4 Å². The Labute approximate surface area is 160 Å². The lowest BCUT2D eigenvalue weighted by Gasteiger charge is -2.21. The molecule has 0 unspecified atom stereocenters. The van der Waals surface area contributed by atoms with Crippen molar-refractivity contribution in [1.29, 1.82) is 5.26 Å². The molecule has 1 fully saturated rings. The molecule has 0 atom stereocenters. The highest BCUT2D eigenvalue weighted by molar-refractivity contribution is 6.48. The van der Waals surface area contributed by atoms with E-state index in [0.29, 0.717) is 16.5 Å². The minimum atomic E-state index is -0.103. The molecule has 0 aliphatic heterocycles. The molecule has 8 heteroatoms. The maximum atomic E-state index is 12.6. The Kier molecular flexibility index (Phi) is 5.53. The van der Waals surface area contributed by atoms with Crippen molar-refractivity contribution in [2.24, 2.45) is 5.92 Å². The third kappa shape index (κ3) is 3.62. The van der Waals surface area contributed by atoms with Crippen LogP contribution < -0.4 is 5.32 Å². The van der Waals surface area contributed by atoms with Gasteiger partial charge in [0.2, 0.25) is 5.91 Å². The van der Waals surface area contributed by atoms with Crippen LogP contribution >= 0.6 is 34.8 Å². The fraction of sp³-hybridized carbons (Fsp3) is 0.353. The molecule has 1 aliphatic rings. The summed E-state index contributed by atoms with van der Waals surface area (Å²) in [7, 11) is 0. The van der Waals surface area contributed by atoms with E-state index in [4.69, 9.17) is 34.8 Å². The van der Waals surface area contributed by atoms with E-state index in [1.165, 1.54) is 10.9 Å². The largest absolute Gasteiger partial charge is 0.309 e. The molecule has 1 amide bonds. The number of carbonyl (C=O) groups excluding carboxylic acids is 1. The number of benzene rings is 1. The van der Waals surface area contributed by atoms with Crippen molar-refractivity contribution in [3.8, 4) is 11.8 Å². The quantitative estimate of drug-likeness (QED) is 0.721. The van der Waals surface area contributed by atoms with Gasteiger partial charge in [0.1, 0.15) is 11.6 Å². The lowest BCUT2D eigenvalue weighted by molar-refractivity contribution is -0.120. The van der Waals surface area contributed by atoms with Crippen molar-refractivity contribution in [2.75, 3.05) is 5.32 Å². The zero-order valence-electron chi connectivity index (χ0n) is 13.2. The van der Waals surface area contributed by atoms with Gasteiger partial charge in [0.05, 0.1) is 27.0 Å². The first-order valence-electron chi connectivity index (χ1n) is 7.95. The van der Waals surface area contributed by atoms with E-state index in [1.54, 1.807) is 12.1 Å². The maximum absolute atomic E-state index is 12.6. The molecule has 1 N–H and O–H groups in total. The van der Waals surface area contributed by atoms with Crippen LogP contribution in [0.5, 0.6) is 0 Å². The molecule has 1 heterocycles. The monoisotopic (exact) mass is 396 g/mol. The van der Waals surface area contributed by atoms with Gasteiger partial charge in [-0.05, 0) is 25.0 Å². The summed E-state index contributed by atoms with van der Waals surface area (Å²) in [4.78, 5) is 12.6. The van der Waals surface area contributed by atoms with Crippen molar-refractivity contribution >= 4 is 46.5 Å². The average Bonchev–Trinajstić information content (AvgIpc) is 3.03. The predicted molar refractivity (Wildman–Crippen MR) is 98.5 cm³/mol. The number of nitriles is 1. The number of nitrogens with one attached hydrogen (secondary N) is 1. The van der Waals surface area contributed by atoms with Crippen molar-refractivity contribution in [2.45, 2.75) is 32.1 Å². The summed E-state index contributed by atoms with van der Waals surface area (Å²) in [6, 6.07) is 5.27. The van der Waals surface area contributed by atoms with E-state index in [9.17, 15) is 10.1 Å². The Morgan fingerprint density at radius 2 is 1.92 bits per heavy atom. The van der Waals surface area contributed by atoms with Crippen molar-refractivity contribution in [3.05, 3.63) is 39.0 Å². The molecule has 0 bridgehead atoms. The molecule has 130 valence electrons. The van der Waals surface area contributed by atoms with Crippen LogP contribution in [0.1, 0.15) is 37.7 Å². The Balaban J connectivity index is 1.97. The van der Waals surface area contributed by atoms with Crippen molar-refractivity contribution < 1.29 is 4.79 Å². The topological polar surface area (TPSA) is 70.7 Å². The Morgan fingerprint density at radius 3 is 2.60 bits per heavy atom. The summed E-state index contributed by atoms with van der Waals surface area (Å²) in [5.41, 5.74) is 0.697. The zero-order valence-corrected chi connectivity index (χ0v) is 15.5. The number of anilines is 1. The predicted octanol–water partition coefficient (Wildman–Crippen LogP) is 5.22. The van der Waals surface area contributed by atoms with Gasteiger partial charge in [0.25, 0.3) is 0 Å². The summed E-state index contributed by atoms with van der Waals surface area (Å²) in [6.07, 6.45) is 6.34. The second-order valence-corrected chi connectivity index (χ2v) is 7.11. The molecule has 3 rings (SSSR count). The van der Waals surface area contributed by atoms with Gasteiger partial charge in [-0.2, -0.15) is 10.4 Å². The summed E-state index contributed by atoms with van der Waals surface area (Å²) >= 11 is 18.3. The van der Waals surface area contributed by atoms with E-state index in [1.807, 2.05) is 6.07 Å². The van der Waals surface area contributed by atoms with Crippen LogP contribution in [0.25, 0.3) is 5.69 Å². The van der Waals surface area contributed by atoms with Crippen LogP contribution in [0.15, 0.2) is 18.3 Å². The van der Waals surface area contributed by atoms with Gasteiger partial charge in [0, 0.05) is 5.92 Å². The van der Waals surface area contributed by atoms with Crippen LogP contribution in [0.3, 0.4) is 0 Å². The summed E-state index contributed by atoms with van der Waals surface area (Å²) in [6.45, 7) is 0. The normalized spacial score (nSPS) is 15.0. The van der Waals surface area contributed by atoms with Gasteiger partial charge in [-0.3, -0.25) is 4.79 Å². The highest BCUT2D eigenvalue weighted by Gasteiger charge is 2.24. The molecule has 1 aromatic carbocycles. The number of aromatic nitrogens is 2. The van der Waals surface area contributed by atoms with Gasteiger partial charge in [-0.1, -0.05) is 54.1 Å². The molecular formula is C17H15Cl3N4O. The Hall–Kier alpha value is -1.74. The number of amides is 1. The van der Waals surface area contributed by atoms with Crippen LogP contribution in [-0.2, 0) is 4.79 Å². The average molecular weight is 398 g/mol. The molecule has 2 aromatic rings. The maximum Gasteiger partial charge on any atom is 0.228 e. The molecule has 1 aliphatic carbocycles. The number of carbonyl (C=O) groups is 1. The minimum Gasteiger partial charge on any atom is -0.309 e. The van der Waals surface area contributed by atoms with Gasteiger partial charge in [0.15, 0.2) is 5.82 Å². The number of rotatable bonds is 3. The van der Waals surface area contributed by atoms with Crippen molar-refractivity contribution in [3.63, 3.8) is 0 Å². The first kappa shape index (κ1) is 18.1. The number of hydrogen-bond donors (Lipinski definition) is 1.